The molecule has 1 fully saturated rings. The molecule has 4 heteroatoms. The minimum Gasteiger partial charge on any atom is -0.372 e. The predicted molar refractivity (Wildman–Crippen MR) is 88.4 cm³/mol. The van der Waals surface area contributed by atoms with Crippen molar-refractivity contribution >= 4 is 21.6 Å². The Balaban J connectivity index is 2.08. The largest absolute Gasteiger partial charge is 0.372 e. The highest BCUT2D eigenvalue weighted by atomic mass is 79.9. The predicted octanol–water partition coefficient (Wildman–Crippen LogP) is 3.56. The first kappa shape index (κ1) is 15.8. The molecule has 0 atom stereocenters. The molecule has 1 saturated heterocycles. The van der Waals surface area contributed by atoms with Crippen molar-refractivity contribution < 1.29 is 4.74 Å². The van der Waals surface area contributed by atoms with Crippen molar-refractivity contribution in [1.29, 1.82) is 0 Å². The molecule has 0 spiro atoms. The van der Waals surface area contributed by atoms with Crippen LogP contribution in [-0.4, -0.2) is 31.3 Å². The van der Waals surface area contributed by atoms with Crippen molar-refractivity contribution in [2.24, 2.45) is 0 Å². The van der Waals surface area contributed by atoms with Crippen LogP contribution < -0.4 is 10.2 Å². The number of ether oxygens (including phenoxy) is 1. The molecule has 112 valence electrons. The number of morpholine rings is 1. The number of nitrogens with one attached hydrogen (secondary N) is 1. The molecule has 0 unspecified atom stereocenters. The van der Waals surface area contributed by atoms with Gasteiger partial charge in [0.2, 0.25) is 0 Å². The Bertz CT molecular complexity index is 460. The van der Waals surface area contributed by atoms with Crippen molar-refractivity contribution in [3.8, 4) is 0 Å². The summed E-state index contributed by atoms with van der Waals surface area (Å²) in [6, 6.07) is 7.14. The van der Waals surface area contributed by atoms with Gasteiger partial charge in [-0.05, 0) is 31.5 Å². The Hall–Kier alpha value is -0.580. The third kappa shape index (κ3) is 4.21. The van der Waals surface area contributed by atoms with Gasteiger partial charge in [-0.1, -0.05) is 35.8 Å². The van der Waals surface area contributed by atoms with Gasteiger partial charge in [-0.15, -0.1) is 0 Å². The topological polar surface area (TPSA) is 24.5 Å². The van der Waals surface area contributed by atoms with Gasteiger partial charge in [-0.25, -0.2) is 0 Å². The Morgan fingerprint density at radius 3 is 2.75 bits per heavy atom. The summed E-state index contributed by atoms with van der Waals surface area (Å²) in [5, 5.41) is 3.45. The highest BCUT2D eigenvalue weighted by Gasteiger charge is 2.27. The summed E-state index contributed by atoms with van der Waals surface area (Å²) >= 11 is 3.69. The highest BCUT2D eigenvalue weighted by Crippen LogP contribution is 2.27. The average Bonchev–Trinajstić information content (AvgIpc) is 2.36. The molecule has 0 aliphatic carbocycles. The second-order valence-electron chi connectivity index (χ2n) is 6.34. The average molecular weight is 341 g/mol. The van der Waals surface area contributed by atoms with Crippen LogP contribution in [0.4, 0.5) is 5.69 Å². The van der Waals surface area contributed by atoms with E-state index < -0.39 is 0 Å². The third-order valence-electron chi connectivity index (χ3n) is 3.53. The zero-order chi connectivity index (χ0) is 14.8. The smallest absolute Gasteiger partial charge is 0.0801 e. The van der Waals surface area contributed by atoms with Gasteiger partial charge in [0.15, 0.2) is 0 Å². The zero-order valence-electron chi connectivity index (χ0n) is 12.9. The number of halogens is 1. The van der Waals surface area contributed by atoms with E-state index in [1.807, 2.05) is 0 Å². The van der Waals surface area contributed by atoms with E-state index in [4.69, 9.17) is 4.74 Å². The monoisotopic (exact) mass is 340 g/mol. The highest BCUT2D eigenvalue weighted by molar-refractivity contribution is 9.10. The zero-order valence-corrected chi connectivity index (χ0v) is 14.5. The Labute approximate surface area is 130 Å². The summed E-state index contributed by atoms with van der Waals surface area (Å²) in [6.07, 6.45) is 0. The van der Waals surface area contributed by atoms with Gasteiger partial charge < -0.3 is 15.0 Å². The minimum absolute atomic E-state index is 0.0669. The molecule has 0 bridgehead atoms. The number of benzene rings is 1. The standard InChI is InChI=1S/C16H25BrN2O/c1-12(2)18-10-13-5-6-14(9-15(13)17)19-7-8-20-16(3,4)11-19/h5-6,9,12,18H,7-8,10-11H2,1-4H3. The number of hydrogen-bond acceptors (Lipinski definition) is 3. The molecule has 3 nitrogen and oxygen atoms in total. The quantitative estimate of drug-likeness (QED) is 0.906. The molecule has 1 aliphatic rings. The molecule has 1 aromatic carbocycles. The van der Waals surface area contributed by atoms with Crippen molar-refractivity contribution in [3.63, 3.8) is 0 Å². The summed E-state index contributed by atoms with van der Waals surface area (Å²) in [5.41, 5.74) is 2.50. The van der Waals surface area contributed by atoms with E-state index in [9.17, 15) is 0 Å². The maximum atomic E-state index is 5.77. The summed E-state index contributed by atoms with van der Waals surface area (Å²) in [6.45, 7) is 12.2. The first-order chi connectivity index (χ1) is 9.37. The second kappa shape index (κ2) is 6.46. The maximum Gasteiger partial charge on any atom is 0.0801 e. The van der Waals surface area contributed by atoms with E-state index in [-0.39, 0.29) is 5.60 Å². The van der Waals surface area contributed by atoms with Crippen LogP contribution in [0.2, 0.25) is 0 Å². The lowest BCUT2D eigenvalue weighted by Crippen LogP contribution is -2.48. The second-order valence-corrected chi connectivity index (χ2v) is 7.20. The van der Waals surface area contributed by atoms with Gasteiger partial charge in [0.05, 0.1) is 12.2 Å². The minimum atomic E-state index is -0.0669. The lowest BCUT2D eigenvalue weighted by atomic mass is 10.1. The lowest BCUT2D eigenvalue weighted by molar-refractivity contribution is -0.0276. The van der Waals surface area contributed by atoms with E-state index in [2.05, 4.69) is 72.0 Å². The van der Waals surface area contributed by atoms with Crippen LogP contribution in [0.1, 0.15) is 33.3 Å². The van der Waals surface area contributed by atoms with E-state index in [0.29, 0.717) is 6.04 Å². The molecule has 0 amide bonds. The molecular weight excluding hydrogens is 316 g/mol. The lowest BCUT2D eigenvalue weighted by Gasteiger charge is -2.39. The number of anilines is 1. The van der Waals surface area contributed by atoms with Crippen molar-refractivity contribution in [3.05, 3.63) is 28.2 Å². The molecule has 0 radical (unpaired) electrons. The van der Waals surface area contributed by atoms with Crippen LogP contribution in [0, 0.1) is 0 Å². The third-order valence-corrected chi connectivity index (χ3v) is 4.27. The molecule has 1 aliphatic heterocycles. The summed E-state index contributed by atoms with van der Waals surface area (Å²) in [4.78, 5) is 2.40. The molecule has 1 aromatic rings. The summed E-state index contributed by atoms with van der Waals surface area (Å²) < 4.78 is 6.95. The fourth-order valence-electron chi connectivity index (χ4n) is 2.43. The van der Waals surface area contributed by atoms with E-state index >= 15 is 0 Å². The number of nitrogens with zero attached hydrogens (tertiary/aromatic N) is 1. The van der Waals surface area contributed by atoms with Crippen molar-refractivity contribution in [2.45, 2.75) is 45.9 Å². The summed E-state index contributed by atoms with van der Waals surface area (Å²) in [7, 11) is 0. The number of rotatable bonds is 4. The van der Waals surface area contributed by atoms with Crippen LogP contribution in [0.15, 0.2) is 22.7 Å². The molecule has 1 N–H and O–H groups in total. The van der Waals surface area contributed by atoms with Gasteiger partial charge in [-0.3, -0.25) is 0 Å². The Morgan fingerprint density at radius 1 is 1.40 bits per heavy atom. The summed E-state index contributed by atoms with van der Waals surface area (Å²) in [5.74, 6) is 0. The van der Waals surface area contributed by atoms with E-state index in [1.165, 1.54) is 15.7 Å². The molecule has 2 rings (SSSR count). The maximum absolute atomic E-state index is 5.77. The first-order valence-electron chi connectivity index (χ1n) is 7.28. The fraction of sp³-hybridized carbons (Fsp3) is 0.625. The van der Waals surface area contributed by atoms with E-state index in [1.54, 1.807) is 0 Å². The van der Waals surface area contributed by atoms with Gasteiger partial charge in [0.25, 0.3) is 0 Å². The van der Waals surface area contributed by atoms with Crippen molar-refractivity contribution in [2.75, 3.05) is 24.6 Å². The fourth-order valence-corrected chi connectivity index (χ4v) is 2.93. The molecular formula is C16H25BrN2O. The van der Waals surface area contributed by atoms with Gasteiger partial charge in [0, 0.05) is 35.8 Å². The molecule has 1 heterocycles. The van der Waals surface area contributed by atoms with Crippen molar-refractivity contribution in [1.82, 2.24) is 5.32 Å². The van der Waals surface area contributed by atoms with Gasteiger partial charge in [-0.2, -0.15) is 0 Å². The molecule has 20 heavy (non-hydrogen) atoms. The van der Waals surface area contributed by atoms with Crippen LogP contribution >= 0.6 is 15.9 Å². The number of hydrogen-bond donors (Lipinski definition) is 1. The van der Waals surface area contributed by atoms with Crippen LogP contribution in [0.5, 0.6) is 0 Å². The first-order valence-corrected chi connectivity index (χ1v) is 8.07. The van der Waals surface area contributed by atoms with Gasteiger partial charge in [0.1, 0.15) is 0 Å². The molecule has 0 aromatic heterocycles. The normalized spacial score (nSPS) is 18.6. The van der Waals surface area contributed by atoms with Crippen LogP contribution in [0.3, 0.4) is 0 Å². The SMILES string of the molecule is CC(C)NCc1ccc(N2CCOC(C)(C)C2)cc1Br. The Kier molecular flexibility index (Phi) is 5.10. The van der Waals surface area contributed by atoms with E-state index in [0.717, 1.165) is 26.2 Å². The Morgan fingerprint density at radius 2 is 2.15 bits per heavy atom. The van der Waals surface area contributed by atoms with Crippen LogP contribution in [-0.2, 0) is 11.3 Å². The van der Waals surface area contributed by atoms with Gasteiger partial charge >= 0.3 is 0 Å². The molecule has 0 saturated carbocycles. The van der Waals surface area contributed by atoms with Crippen LogP contribution in [0.25, 0.3) is 0 Å².